The fourth-order valence-corrected chi connectivity index (χ4v) is 3.11. The monoisotopic (exact) mass is 314 g/mol. The summed E-state index contributed by atoms with van der Waals surface area (Å²) in [6.45, 7) is 0.805. The van der Waals surface area contributed by atoms with Gasteiger partial charge in [0.15, 0.2) is 0 Å². The van der Waals surface area contributed by atoms with Crippen LogP contribution in [0.5, 0.6) is 0 Å². The number of benzene rings is 2. The van der Waals surface area contributed by atoms with Gasteiger partial charge >= 0.3 is 6.09 Å². The number of halogens is 1. The maximum atomic E-state index is 13.4. The Morgan fingerprint density at radius 1 is 1.22 bits per heavy atom. The van der Waals surface area contributed by atoms with Crippen molar-refractivity contribution in [2.75, 3.05) is 6.54 Å². The summed E-state index contributed by atoms with van der Waals surface area (Å²) in [5.41, 5.74) is 2.90. The molecule has 1 aliphatic heterocycles. The van der Waals surface area contributed by atoms with E-state index in [2.05, 4.69) is 10.6 Å². The van der Waals surface area contributed by atoms with Gasteiger partial charge in [-0.25, -0.2) is 9.18 Å². The number of amides is 1. The van der Waals surface area contributed by atoms with Gasteiger partial charge in [-0.15, -0.1) is 0 Å². The summed E-state index contributed by atoms with van der Waals surface area (Å²) in [5, 5.41) is 14.8. The van der Waals surface area contributed by atoms with Crippen molar-refractivity contribution in [3.8, 4) is 11.1 Å². The molecule has 0 spiro atoms. The average molecular weight is 314 g/mol. The highest BCUT2D eigenvalue weighted by molar-refractivity contribution is 5.65. The third-order valence-electron chi connectivity index (χ3n) is 4.20. The van der Waals surface area contributed by atoms with E-state index in [1.54, 1.807) is 6.07 Å². The predicted octanol–water partition coefficient (Wildman–Crippen LogP) is 3.03. The predicted molar refractivity (Wildman–Crippen MR) is 86.9 cm³/mol. The van der Waals surface area contributed by atoms with Crippen LogP contribution in [0.25, 0.3) is 11.1 Å². The van der Waals surface area contributed by atoms with E-state index in [0.717, 1.165) is 36.1 Å². The van der Waals surface area contributed by atoms with Crippen molar-refractivity contribution in [2.24, 2.45) is 0 Å². The minimum absolute atomic E-state index is 0.0776. The Morgan fingerprint density at radius 2 is 1.96 bits per heavy atom. The molecule has 0 aromatic heterocycles. The zero-order valence-corrected chi connectivity index (χ0v) is 12.6. The van der Waals surface area contributed by atoms with Crippen LogP contribution in [-0.4, -0.2) is 29.8 Å². The van der Waals surface area contributed by atoms with E-state index < -0.39 is 6.09 Å². The molecule has 2 aromatic carbocycles. The minimum atomic E-state index is -0.989. The first-order valence-electron chi connectivity index (χ1n) is 7.69. The summed E-state index contributed by atoms with van der Waals surface area (Å²) >= 11 is 0. The molecule has 1 saturated heterocycles. The topological polar surface area (TPSA) is 61.4 Å². The molecule has 0 unspecified atom stereocenters. The number of carboxylic acid groups (broad SMARTS) is 1. The van der Waals surface area contributed by atoms with Crippen LogP contribution in [0.15, 0.2) is 48.5 Å². The molecule has 1 amide bonds. The Kier molecular flexibility index (Phi) is 4.57. The Balaban J connectivity index is 1.76. The minimum Gasteiger partial charge on any atom is -0.465 e. The molecule has 0 aliphatic carbocycles. The summed E-state index contributed by atoms with van der Waals surface area (Å²) in [6, 6.07) is 14.5. The summed E-state index contributed by atoms with van der Waals surface area (Å²) in [5.74, 6) is -0.254. The van der Waals surface area contributed by atoms with Crippen LogP contribution in [0.3, 0.4) is 0 Å². The van der Waals surface area contributed by atoms with Crippen LogP contribution >= 0.6 is 0 Å². The van der Waals surface area contributed by atoms with E-state index in [1.165, 1.54) is 12.1 Å². The van der Waals surface area contributed by atoms with Gasteiger partial charge < -0.3 is 15.7 Å². The molecule has 3 N–H and O–H groups in total. The molecule has 0 radical (unpaired) electrons. The zero-order valence-electron chi connectivity index (χ0n) is 12.6. The van der Waals surface area contributed by atoms with E-state index >= 15 is 0 Å². The molecule has 1 aliphatic rings. The van der Waals surface area contributed by atoms with Crippen molar-refractivity contribution in [3.05, 3.63) is 59.9 Å². The second-order valence-corrected chi connectivity index (χ2v) is 5.82. The van der Waals surface area contributed by atoms with Crippen molar-refractivity contribution in [1.82, 2.24) is 10.6 Å². The second-order valence-electron chi connectivity index (χ2n) is 5.82. The number of carbonyl (C=O) groups is 1. The average Bonchev–Trinajstić information content (AvgIpc) is 2.94. The molecule has 2 atom stereocenters. The smallest absolute Gasteiger partial charge is 0.404 e. The Bertz CT molecular complexity index is 705. The Labute approximate surface area is 134 Å². The van der Waals surface area contributed by atoms with Gasteiger partial charge in [0, 0.05) is 12.1 Å². The second kappa shape index (κ2) is 6.79. The highest BCUT2D eigenvalue weighted by Crippen LogP contribution is 2.23. The van der Waals surface area contributed by atoms with Gasteiger partial charge in [-0.05, 0) is 48.2 Å². The van der Waals surface area contributed by atoms with E-state index in [1.807, 2.05) is 30.3 Å². The lowest BCUT2D eigenvalue weighted by Gasteiger charge is -2.19. The first kappa shape index (κ1) is 15.5. The molecular weight excluding hydrogens is 295 g/mol. The highest BCUT2D eigenvalue weighted by atomic mass is 19.1. The van der Waals surface area contributed by atoms with Crippen LogP contribution in [0, 0.1) is 5.82 Å². The molecule has 0 bridgehead atoms. The first-order valence-corrected chi connectivity index (χ1v) is 7.69. The maximum Gasteiger partial charge on any atom is 0.404 e. The Hall–Kier alpha value is -2.40. The van der Waals surface area contributed by atoms with E-state index in [-0.39, 0.29) is 17.9 Å². The lowest BCUT2D eigenvalue weighted by atomic mass is 9.97. The van der Waals surface area contributed by atoms with Gasteiger partial charge in [0.05, 0.1) is 0 Å². The third kappa shape index (κ3) is 3.87. The van der Waals surface area contributed by atoms with Crippen molar-refractivity contribution in [3.63, 3.8) is 0 Å². The summed E-state index contributed by atoms with van der Waals surface area (Å²) in [7, 11) is 0. The normalized spacial score (nSPS) is 20.4. The van der Waals surface area contributed by atoms with E-state index in [4.69, 9.17) is 5.11 Å². The maximum absolute atomic E-state index is 13.4. The van der Waals surface area contributed by atoms with Crippen LogP contribution < -0.4 is 10.6 Å². The fraction of sp³-hybridized carbons (Fsp3) is 0.278. The zero-order chi connectivity index (χ0) is 16.2. The lowest BCUT2D eigenvalue weighted by molar-refractivity contribution is 0.188. The van der Waals surface area contributed by atoms with E-state index in [9.17, 15) is 9.18 Å². The molecule has 3 rings (SSSR count). The van der Waals surface area contributed by atoms with Crippen LogP contribution in [-0.2, 0) is 6.42 Å². The quantitative estimate of drug-likeness (QED) is 0.813. The fourth-order valence-electron chi connectivity index (χ4n) is 3.11. The van der Waals surface area contributed by atoms with Gasteiger partial charge in [-0.2, -0.15) is 0 Å². The third-order valence-corrected chi connectivity index (χ3v) is 4.20. The molecule has 23 heavy (non-hydrogen) atoms. The van der Waals surface area contributed by atoms with Gasteiger partial charge in [-0.1, -0.05) is 36.4 Å². The van der Waals surface area contributed by atoms with Crippen LogP contribution in [0.2, 0.25) is 0 Å². The molecule has 0 saturated carbocycles. The van der Waals surface area contributed by atoms with Gasteiger partial charge in [0.1, 0.15) is 5.82 Å². The molecule has 1 fully saturated rings. The van der Waals surface area contributed by atoms with E-state index in [0.29, 0.717) is 0 Å². The molecule has 5 heteroatoms. The van der Waals surface area contributed by atoms with Gasteiger partial charge in [-0.3, -0.25) is 0 Å². The SMILES string of the molecule is O=C(O)N[C@H]1CCN[C@H]1Cc1cccc(-c2cccc(F)c2)c1. The van der Waals surface area contributed by atoms with Crippen LogP contribution in [0.4, 0.5) is 9.18 Å². The largest absolute Gasteiger partial charge is 0.465 e. The van der Waals surface area contributed by atoms with Crippen LogP contribution in [0.1, 0.15) is 12.0 Å². The lowest BCUT2D eigenvalue weighted by Crippen LogP contribution is -2.44. The molecule has 120 valence electrons. The van der Waals surface area contributed by atoms with Gasteiger partial charge in [0.25, 0.3) is 0 Å². The van der Waals surface area contributed by atoms with Crippen molar-refractivity contribution >= 4 is 6.09 Å². The number of rotatable bonds is 4. The summed E-state index contributed by atoms with van der Waals surface area (Å²) in [6.07, 6.45) is 0.534. The molecule has 1 heterocycles. The first-order chi connectivity index (χ1) is 11.1. The van der Waals surface area contributed by atoms with Crippen molar-refractivity contribution in [1.29, 1.82) is 0 Å². The van der Waals surface area contributed by atoms with Crippen molar-refractivity contribution < 1.29 is 14.3 Å². The number of nitrogens with one attached hydrogen (secondary N) is 2. The standard InChI is InChI=1S/C18H19FN2O2/c19-15-6-2-5-14(11-15)13-4-1-3-12(9-13)10-17-16(7-8-20-17)21-18(22)23/h1-6,9,11,16-17,20-21H,7-8,10H2,(H,22,23)/t16-,17-/m0/s1. The molecular formula is C18H19FN2O2. The van der Waals surface area contributed by atoms with Crippen molar-refractivity contribution in [2.45, 2.75) is 24.9 Å². The number of hydrogen-bond acceptors (Lipinski definition) is 2. The Morgan fingerprint density at radius 3 is 2.70 bits per heavy atom. The molecule has 2 aromatic rings. The number of hydrogen-bond donors (Lipinski definition) is 3. The summed E-state index contributed by atoms with van der Waals surface area (Å²) in [4.78, 5) is 10.8. The molecule has 4 nitrogen and oxygen atoms in total. The summed E-state index contributed by atoms with van der Waals surface area (Å²) < 4.78 is 13.4. The highest BCUT2D eigenvalue weighted by Gasteiger charge is 2.28. The van der Waals surface area contributed by atoms with Gasteiger partial charge in [0.2, 0.25) is 0 Å².